The van der Waals surface area contributed by atoms with E-state index in [1.807, 2.05) is 19.1 Å². The number of rotatable bonds is 2. The zero-order valence-corrected chi connectivity index (χ0v) is 8.73. The van der Waals surface area contributed by atoms with E-state index in [0.717, 1.165) is 5.56 Å². The van der Waals surface area contributed by atoms with Gasteiger partial charge in [-0.2, -0.15) is 5.10 Å². The molecule has 0 fully saturated rings. The van der Waals surface area contributed by atoms with E-state index in [0.29, 0.717) is 11.6 Å². The van der Waals surface area contributed by atoms with Gasteiger partial charge in [0.25, 0.3) is 0 Å². The quantitative estimate of drug-likeness (QED) is 0.811. The van der Waals surface area contributed by atoms with Gasteiger partial charge < -0.3 is 4.74 Å². The van der Waals surface area contributed by atoms with E-state index in [9.17, 15) is 4.79 Å². The van der Waals surface area contributed by atoms with Crippen LogP contribution >= 0.6 is 0 Å². The predicted octanol–water partition coefficient (Wildman–Crippen LogP) is 2.33. The Morgan fingerprint density at radius 1 is 1.44 bits per heavy atom. The van der Waals surface area contributed by atoms with E-state index in [4.69, 9.17) is 4.74 Å². The first-order valence-corrected chi connectivity index (χ1v) is 4.79. The van der Waals surface area contributed by atoms with Crippen LogP contribution in [0.4, 0.5) is 10.6 Å². The van der Waals surface area contributed by atoms with E-state index in [1.165, 1.54) is 0 Å². The number of aromatic amines is 1. The molecule has 1 aromatic heterocycles. The molecular formula is C11H11N3O2. The molecule has 0 radical (unpaired) electrons. The molecule has 0 spiro atoms. The van der Waals surface area contributed by atoms with Crippen molar-refractivity contribution in [2.75, 3.05) is 5.32 Å². The Morgan fingerprint density at radius 3 is 3.00 bits per heavy atom. The first kappa shape index (κ1) is 10.2. The van der Waals surface area contributed by atoms with E-state index in [1.54, 1.807) is 24.4 Å². The van der Waals surface area contributed by atoms with Crippen LogP contribution in [0, 0.1) is 6.92 Å². The number of H-pyrrole nitrogens is 1. The summed E-state index contributed by atoms with van der Waals surface area (Å²) in [6.07, 6.45) is 0.997. The van der Waals surface area contributed by atoms with Gasteiger partial charge in [-0.15, -0.1) is 0 Å². The third-order valence-corrected chi connectivity index (χ3v) is 1.94. The molecule has 1 heterocycles. The molecule has 0 aliphatic carbocycles. The van der Waals surface area contributed by atoms with Gasteiger partial charge in [-0.3, -0.25) is 10.4 Å². The molecule has 5 heteroatoms. The fourth-order valence-electron chi connectivity index (χ4n) is 1.25. The van der Waals surface area contributed by atoms with Crippen LogP contribution in [0.5, 0.6) is 5.75 Å². The molecule has 0 saturated carbocycles. The maximum absolute atomic E-state index is 11.4. The summed E-state index contributed by atoms with van der Waals surface area (Å²) < 4.78 is 5.07. The van der Waals surface area contributed by atoms with Gasteiger partial charge in [-0.25, -0.2) is 4.79 Å². The van der Waals surface area contributed by atoms with Gasteiger partial charge in [0.15, 0.2) is 0 Å². The Bertz CT molecular complexity index is 480. The van der Waals surface area contributed by atoms with Gasteiger partial charge in [-0.1, -0.05) is 12.1 Å². The summed E-state index contributed by atoms with van der Waals surface area (Å²) in [5.41, 5.74) is 1.03. The lowest BCUT2D eigenvalue weighted by atomic mass is 10.2. The molecule has 2 N–H and O–H groups in total. The van der Waals surface area contributed by atoms with E-state index in [-0.39, 0.29) is 0 Å². The fraction of sp³-hybridized carbons (Fsp3) is 0.0909. The smallest absolute Gasteiger partial charge is 0.410 e. The second-order valence-electron chi connectivity index (χ2n) is 3.30. The molecule has 1 amide bonds. The maximum atomic E-state index is 11.4. The Labute approximate surface area is 92.4 Å². The van der Waals surface area contributed by atoms with Crippen LogP contribution in [-0.2, 0) is 0 Å². The lowest BCUT2D eigenvalue weighted by Gasteiger charge is -2.04. The number of nitrogens with one attached hydrogen (secondary N) is 2. The number of hydrogen-bond acceptors (Lipinski definition) is 3. The third-order valence-electron chi connectivity index (χ3n) is 1.94. The van der Waals surface area contributed by atoms with Crippen LogP contribution in [0.25, 0.3) is 0 Å². The highest BCUT2D eigenvalue weighted by molar-refractivity contribution is 5.84. The summed E-state index contributed by atoms with van der Waals surface area (Å²) in [6.45, 7) is 1.93. The molecule has 0 aliphatic rings. The fourth-order valence-corrected chi connectivity index (χ4v) is 1.25. The number of amides is 1. The van der Waals surface area contributed by atoms with Crippen LogP contribution in [0.1, 0.15) is 5.56 Å². The normalized spacial score (nSPS) is 9.81. The SMILES string of the molecule is Cc1cccc(OC(=O)Nc2ccn[nH]2)c1. The molecule has 0 bridgehead atoms. The average molecular weight is 217 g/mol. The zero-order chi connectivity index (χ0) is 11.4. The van der Waals surface area contributed by atoms with Gasteiger partial charge in [0.1, 0.15) is 11.6 Å². The highest BCUT2D eigenvalue weighted by Crippen LogP contribution is 2.13. The number of aromatic nitrogens is 2. The highest BCUT2D eigenvalue weighted by Gasteiger charge is 2.05. The van der Waals surface area contributed by atoms with Crippen molar-refractivity contribution >= 4 is 11.9 Å². The summed E-state index contributed by atoms with van der Waals surface area (Å²) in [7, 11) is 0. The second-order valence-corrected chi connectivity index (χ2v) is 3.30. The van der Waals surface area contributed by atoms with E-state index in [2.05, 4.69) is 15.5 Å². The number of aryl methyl sites for hydroxylation is 1. The number of nitrogens with zero attached hydrogens (tertiary/aromatic N) is 1. The lowest BCUT2D eigenvalue weighted by molar-refractivity contribution is 0.215. The van der Waals surface area contributed by atoms with Gasteiger partial charge in [0.05, 0.1) is 6.20 Å². The van der Waals surface area contributed by atoms with E-state index < -0.39 is 6.09 Å². The number of benzene rings is 1. The molecule has 0 saturated heterocycles. The first-order valence-electron chi connectivity index (χ1n) is 4.79. The van der Waals surface area contributed by atoms with Crippen molar-refractivity contribution in [3.63, 3.8) is 0 Å². The molecule has 0 unspecified atom stereocenters. The second kappa shape index (κ2) is 4.48. The Hall–Kier alpha value is -2.30. The molecule has 16 heavy (non-hydrogen) atoms. The lowest BCUT2D eigenvalue weighted by Crippen LogP contribution is -2.16. The highest BCUT2D eigenvalue weighted by atomic mass is 16.6. The number of carbonyl (C=O) groups excluding carboxylic acids is 1. The summed E-state index contributed by atoms with van der Waals surface area (Å²) in [6, 6.07) is 8.90. The third kappa shape index (κ3) is 2.60. The molecule has 82 valence electrons. The number of ether oxygens (including phenoxy) is 1. The van der Waals surface area contributed by atoms with Crippen LogP contribution in [0.2, 0.25) is 0 Å². The summed E-state index contributed by atoms with van der Waals surface area (Å²) in [5, 5.41) is 8.82. The number of anilines is 1. The standard InChI is InChI=1S/C11H11N3O2/c1-8-3-2-4-9(7-8)16-11(15)13-10-5-6-12-14-10/h2-7H,1H3,(H2,12,13,14,15). The van der Waals surface area contributed by atoms with Crippen molar-refractivity contribution in [2.45, 2.75) is 6.92 Å². The van der Waals surface area contributed by atoms with E-state index >= 15 is 0 Å². The van der Waals surface area contributed by atoms with Gasteiger partial charge >= 0.3 is 6.09 Å². The summed E-state index contributed by atoms with van der Waals surface area (Å²) >= 11 is 0. The van der Waals surface area contributed by atoms with Gasteiger partial charge in [0, 0.05) is 6.07 Å². The van der Waals surface area contributed by atoms with Gasteiger partial charge in [-0.05, 0) is 24.6 Å². The minimum absolute atomic E-state index is 0.498. The maximum Gasteiger partial charge on any atom is 0.418 e. The van der Waals surface area contributed by atoms with Crippen LogP contribution in [0.15, 0.2) is 36.5 Å². The topological polar surface area (TPSA) is 67.0 Å². The number of hydrogen-bond donors (Lipinski definition) is 2. The molecule has 0 atom stereocenters. The Morgan fingerprint density at radius 2 is 2.31 bits per heavy atom. The number of carbonyl (C=O) groups is 1. The van der Waals surface area contributed by atoms with Crippen molar-refractivity contribution in [1.29, 1.82) is 0 Å². The molecule has 0 aliphatic heterocycles. The largest absolute Gasteiger partial charge is 0.418 e. The molecule has 2 aromatic rings. The first-order chi connectivity index (χ1) is 7.74. The zero-order valence-electron chi connectivity index (χ0n) is 8.73. The van der Waals surface area contributed by atoms with Crippen LogP contribution in [-0.4, -0.2) is 16.3 Å². The van der Waals surface area contributed by atoms with Crippen molar-refractivity contribution in [3.8, 4) is 5.75 Å². The monoisotopic (exact) mass is 217 g/mol. The minimum Gasteiger partial charge on any atom is -0.410 e. The van der Waals surface area contributed by atoms with Crippen LogP contribution in [0.3, 0.4) is 0 Å². The summed E-state index contributed by atoms with van der Waals surface area (Å²) in [4.78, 5) is 11.4. The molecule has 5 nitrogen and oxygen atoms in total. The molecule has 2 rings (SSSR count). The van der Waals surface area contributed by atoms with Gasteiger partial charge in [0.2, 0.25) is 0 Å². The van der Waals surface area contributed by atoms with Crippen molar-refractivity contribution in [3.05, 3.63) is 42.1 Å². The average Bonchev–Trinajstić information content (AvgIpc) is 2.70. The van der Waals surface area contributed by atoms with Crippen LogP contribution < -0.4 is 10.1 Å². The van der Waals surface area contributed by atoms with Crippen molar-refractivity contribution in [1.82, 2.24) is 10.2 Å². The van der Waals surface area contributed by atoms with Crippen molar-refractivity contribution < 1.29 is 9.53 Å². The molecular weight excluding hydrogens is 206 g/mol. The molecule has 1 aromatic carbocycles. The van der Waals surface area contributed by atoms with Crippen molar-refractivity contribution in [2.24, 2.45) is 0 Å². The predicted molar refractivity (Wildman–Crippen MR) is 59.4 cm³/mol. The minimum atomic E-state index is -0.546. The Kier molecular flexibility index (Phi) is 2.86. The Balaban J connectivity index is 1.97. The summed E-state index contributed by atoms with van der Waals surface area (Å²) in [5.74, 6) is 1.01.